The van der Waals surface area contributed by atoms with E-state index in [0.717, 1.165) is 0 Å². The van der Waals surface area contributed by atoms with Crippen LogP contribution in [0.4, 0.5) is 0 Å². The minimum atomic E-state index is -3.65. The van der Waals surface area contributed by atoms with E-state index in [1.54, 1.807) is 34.6 Å². The summed E-state index contributed by atoms with van der Waals surface area (Å²) in [5.74, 6) is -0.921. The molecule has 1 unspecified atom stereocenters. The average molecular weight is 282 g/mol. The summed E-state index contributed by atoms with van der Waals surface area (Å²) in [7, 11) is -3.65. The average Bonchev–Trinajstić information content (AvgIpc) is 2.07. The van der Waals surface area contributed by atoms with Crippen molar-refractivity contribution in [2.75, 3.05) is 6.61 Å². The molecule has 18 heavy (non-hydrogen) atoms. The fourth-order valence-electron chi connectivity index (χ4n) is 1.07. The lowest BCUT2D eigenvalue weighted by Gasteiger charge is -2.27. The van der Waals surface area contributed by atoms with Crippen molar-refractivity contribution >= 4 is 13.8 Å². The second-order valence-electron chi connectivity index (χ2n) is 5.14. The van der Waals surface area contributed by atoms with Crippen LogP contribution in [0.3, 0.4) is 0 Å². The quantitative estimate of drug-likeness (QED) is 0.543. The van der Waals surface area contributed by atoms with E-state index in [-0.39, 0.29) is 25.6 Å². The lowest BCUT2D eigenvalue weighted by molar-refractivity contribution is -0.137. The summed E-state index contributed by atoms with van der Waals surface area (Å²) in [6.07, 6.45) is -0.0940. The number of carboxylic acid groups (broad SMARTS) is 1. The Morgan fingerprint density at radius 3 is 2.28 bits per heavy atom. The van der Waals surface area contributed by atoms with Gasteiger partial charge >= 0.3 is 13.8 Å². The zero-order valence-corrected chi connectivity index (χ0v) is 12.5. The smallest absolute Gasteiger partial charge is 0.475 e. The van der Waals surface area contributed by atoms with E-state index < -0.39 is 19.4 Å². The first-order valence-corrected chi connectivity index (χ1v) is 7.36. The second kappa shape index (κ2) is 7.24. The van der Waals surface area contributed by atoms with Gasteiger partial charge in [0.25, 0.3) is 0 Å². The molecule has 108 valence electrons. The van der Waals surface area contributed by atoms with Gasteiger partial charge in [0.05, 0.1) is 18.3 Å². The van der Waals surface area contributed by atoms with Gasteiger partial charge in [-0.1, -0.05) is 0 Å². The van der Waals surface area contributed by atoms with Gasteiger partial charge in [-0.05, 0) is 41.0 Å². The highest BCUT2D eigenvalue weighted by Gasteiger charge is 2.33. The van der Waals surface area contributed by atoms with Crippen molar-refractivity contribution in [3.63, 3.8) is 0 Å². The van der Waals surface area contributed by atoms with Crippen molar-refractivity contribution in [3.05, 3.63) is 0 Å². The second-order valence-corrected chi connectivity index (χ2v) is 6.68. The molecular weight excluding hydrogens is 259 g/mol. The van der Waals surface area contributed by atoms with Crippen molar-refractivity contribution in [3.8, 4) is 0 Å². The van der Waals surface area contributed by atoms with Crippen LogP contribution >= 0.6 is 7.82 Å². The molecule has 0 spiro atoms. The first kappa shape index (κ1) is 17.6. The van der Waals surface area contributed by atoms with Gasteiger partial charge in [-0.15, -0.1) is 0 Å². The molecule has 0 aliphatic heterocycles. The summed E-state index contributed by atoms with van der Waals surface area (Å²) in [5, 5.41) is 8.49. The minimum absolute atomic E-state index is 0.0202. The lowest BCUT2D eigenvalue weighted by atomic mass is 10.2. The van der Waals surface area contributed by atoms with Crippen molar-refractivity contribution in [1.82, 2.24) is 0 Å². The Labute approximate surface area is 108 Å². The first-order chi connectivity index (χ1) is 8.04. The van der Waals surface area contributed by atoms with Gasteiger partial charge in [-0.25, -0.2) is 4.57 Å². The standard InChI is InChI=1S/C11H23O6P/c1-9(2)16-18(14,17-11(3,4)5)15-8-6-7-10(12)13/h9H,6-8H2,1-5H3,(H,12,13). The molecule has 0 rings (SSSR count). The Bertz CT molecular complexity index is 307. The Balaban J connectivity index is 4.39. The van der Waals surface area contributed by atoms with Gasteiger partial charge in [0, 0.05) is 6.42 Å². The maximum Gasteiger partial charge on any atom is 0.475 e. The summed E-state index contributed by atoms with van der Waals surface area (Å²) in [5.41, 5.74) is -0.669. The zero-order valence-electron chi connectivity index (χ0n) is 11.6. The molecule has 1 N–H and O–H groups in total. The molecule has 0 saturated carbocycles. The van der Waals surface area contributed by atoms with Crippen molar-refractivity contribution in [2.45, 2.75) is 59.2 Å². The van der Waals surface area contributed by atoms with Crippen LogP contribution in [0.15, 0.2) is 0 Å². The summed E-state index contributed by atoms with van der Waals surface area (Å²) in [4.78, 5) is 10.3. The molecule has 0 bridgehead atoms. The normalized spacial score (nSPS) is 15.7. The van der Waals surface area contributed by atoms with Gasteiger partial charge in [0.15, 0.2) is 0 Å². The monoisotopic (exact) mass is 282 g/mol. The topological polar surface area (TPSA) is 82.1 Å². The molecule has 0 aliphatic carbocycles. The van der Waals surface area contributed by atoms with E-state index in [4.69, 9.17) is 18.7 Å². The molecule has 0 fully saturated rings. The van der Waals surface area contributed by atoms with E-state index >= 15 is 0 Å². The van der Waals surface area contributed by atoms with E-state index in [0.29, 0.717) is 0 Å². The van der Waals surface area contributed by atoms with Gasteiger partial charge in [0.1, 0.15) is 0 Å². The summed E-state index contributed by atoms with van der Waals surface area (Å²) in [6.45, 7) is 8.68. The Morgan fingerprint density at radius 1 is 1.33 bits per heavy atom. The molecule has 0 radical (unpaired) electrons. The van der Waals surface area contributed by atoms with Gasteiger partial charge in [-0.2, -0.15) is 0 Å². The molecule has 0 aromatic rings. The van der Waals surface area contributed by atoms with Crippen molar-refractivity contribution in [1.29, 1.82) is 0 Å². The summed E-state index contributed by atoms with van der Waals surface area (Å²) >= 11 is 0. The van der Waals surface area contributed by atoms with Crippen LogP contribution in [0.2, 0.25) is 0 Å². The summed E-state index contributed by atoms with van der Waals surface area (Å²) < 4.78 is 27.9. The lowest BCUT2D eigenvalue weighted by Crippen LogP contribution is -2.20. The van der Waals surface area contributed by atoms with Crippen LogP contribution in [0, 0.1) is 0 Å². The predicted molar refractivity (Wildman–Crippen MR) is 67.5 cm³/mol. The molecule has 0 aromatic carbocycles. The molecule has 6 nitrogen and oxygen atoms in total. The maximum absolute atomic E-state index is 12.3. The van der Waals surface area contributed by atoms with E-state index in [2.05, 4.69) is 0 Å². The SMILES string of the molecule is CC(C)OP(=O)(OCCCC(=O)O)OC(C)(C)C. The zero-order chi connectivity index (χ0) is 14.4. The molecule has 0 aromatic heterocycles. The van der Waals surface area contributed by atoms with Crippen LogP contribution in [0.5, 0.6) is 0 Å². The number of carboxylic acids is 1. The number of hydrogen-bond donors (Lipinski definition) is 1. The number of hydrogen-bond acceptors (Lipinski definition) is 5. The highest BCUT2D eigenvalue weighted by atomic mass is 31.2. The number of rotatable bonds is 8. The highest BCUT2D eigenvalue weighted by Crippen LogP contribution is 2.53. The predicted octanol–water partition coefficient (Wildman–Crippen LogP) is 3.22. The molecule has 1 atom stereocenters. The molecule has 7 heteroatoms. The third kappa shape index (κ3) is 9.59. The molecule has 0 heterocycles. The summed E-state index contributed by atoms with van der Waals surface area (Å²) in [6, 6.07) is 0. The largest absolute Gasteiger partial charge is 0.481 e. The number of carbonyl (C=O) groups is 1. The van der Waals surface area contributed by atoms with Gasteiger partial charge in [0.2, 0.25) is 0 Å². The van der Waals surface area contributed by atoms with E-state index in [1.165, 1.54) is 0 Å². The number of phosphoric ester groups is 1. The third-order valence-corrected chi connectivity index (χ3v) is 3.46. The van der Waals surface area contributed by atoms with Crippen LogP contribution < -0.4 is 0 Å². The van der Waals surface area contributed by atoms with E-state index in [1.807, 2.05) is 0 Å². The molecular formula is C11H23O6P. The fourth-order valence-corrected chi connectivity index (χ4v) is 2.77. The first-order valence-electron chi connectivity index (χ1n) is 5.89. The Morgan fingerprint density at radius 2 is 1.89 bits per heavy atom. The van der Waals surface area contributed by atoms with Crippen LogP contribution in [-0.4, -0.2) is 29.4 Å². The third-order valence-electron chi connectivity index (χ3n) is 1.51. The molecule has 0 saturated heterocycles. The highest BCUT2D eigenvalue weighted by molar-refractivity contribution is 7.48. The van der Waals surface area contributed by atoms with Crippen LogP contribution in [0.25, 0.3) is 0 Å². The Hall–Kier alpha value is -0.420. The van der Waals surface area contributed by atoms with Crippen LogP contribution in [0.1, 0.15) is 47.5 Å². The van der Waals surface area contributed by atoms with Crippen LogP contribution in [-0.2, 0) is 22.9 Å². The maximum atomic E-state index is 12.3. The van der Waals surface area contributed by atoms with E-state index in [9.17, 15) is 9.36 Å². The van der Waals surface area contributed by atoms with Crippen molar-refractivity contribution in [2.24, 2.45) is 0 Å². The van der Waals surface area contributed by atoms with Gasteiger partial charge in [-0.3, -0.25) is 18.4 Å². The molecule has 0 amide bonds. The minimum Gasteiger partial charge on any atom is -0.481 e. The number of aliphatic carboxylic acids is 1. The number of phosphoric acid groups is 1. The Kier molecular flexibility index (Phi) is 7.07. The van der Waals surface area contributed by atoms with Gasteiger partial charge < -0.3 is 5.11 Å². The molecule has 0 aliphatic rings. The fraction of sp³-hybridized carbons (Fsp3) is 0.909. The van der Waals surface area contributed by atoms with Crippen molar-refractivity contribution < 1.29 is 28.0 Å².